The maximum atomic E-state index is 12.7. The van der Waals surface area contributed by atoms with Gasteiger partial charge in [-0.2, -0.15) is 0 Å². The zero-order valence-electron chi connectivity index (χ0n) is 37.7. The van der Waals surface area contributed by atoms with Gasteiger partial charge in [-0.05, 0) is 77.0 Å². The SMILES string of the molecule is CC/C=C/C/C=C/C/C=C/C/C=C/CCCCCCCCCCCC(=O)OC(COCCC(C(=O)[O-])[N+](C)(C)C)COC(=O)CCCCCCC/C=C/C/C=C/CC. The second-order valence-electron chi connectivity index (χ2n) is 16.2. The lowest BCUT2D eigenvalue weighted by Gasteiger charge is -2.34. The van der Waals surface area contributed by atoms with E-state index in [1.54, 1.807) is 21.1 Å². The van der Waals surface area contributed by atoms with Crippen LogP contribution in [0.2, 0.25) is 0 Å². The number of likely N-dealkylation sites (N-methyl/N-ethyl adjacent to an activating group) is 1. The first kappa shape index (κ1) is 54.8. The van der Waals surface area contributed by atoms with E-state index in [0.717, 1.165) is 103 Å². The third-order valence-corrected chi connectivity index (χ3v) is 9.84. The predicted octanol–water partition coefficient (Wildman–Crippen LogP) is 11.4. The average molecular weight is 812 g/mol. The smallest absolute Gasteiger partial charge is 0.306 e. The summed E-state index contributed by atoms with van der Waals surface area (Å²) in [4.78, 5) is 36.9. The van der Waals surface area contributed by atoms with Gasteiger partial charge in [0.25, 0.3) is 0 Å². The fraction of sp³-hybridized carbons (Fsp3) is 0.700. The molecule has 0 aliphatic carbocycles. The van der Waals surface area contributed by atoms with Gasteiger partial charge in [-0.15, -0.1) is 0 Å². The zero-order valence-corrected chi connectivity index (χ0v) is 37.7. The van der Waals surface area contributed by atoms with Crippen molar-refractivity contribution in [3.05, 3.63) is 72.9 Å². The largest absolute Gasteiger partial charge is 0.544 e. The standard InChI is InChI=1S/C50H85NO7/c1-6-8-10-12-14-16-18-20-21-22-23-24-25-26-27-28-29-31-33-35-37-39-41-49(53)58-46(44-56-43-42-47(50(54)55)51(3,4)5)45-57-48(52)40-38-36-34-32-30-19-17-15-13-11-9-7-2/h8-11,14-17,20-21,23-24,46-47H,6-7,12-13,18-19,22,25-45H2,1-5H3/b10-8+,11-9+,16-14+,17-15+,21-20+,24-23+. The lowest BCUT2D eigenvalue weighted by Crippen LogP contribution is -2.55. The number of carboxylic acid groups (broad SMARTS) is 1. The lowest BCUT2D eigenvalue weighted by molar-refractivity contribution is -0.889. The molecule has 0 aliphatic heterocycles. The molecule has 8 nitrogen and oxygen atoms in total. The summed E-state index contributed by atoms with van der Waals surface area (Å²) in [5.74, 6) is -1.77. The molecule has 0 saturated carbocycles. The molecule has 0 radical (unpaired) electrons. The summed E-state index contributed by atoms with van der Waals surface area (Å²) in [5.41, 5.74) is 0. The Labute approximate surface area is 355 Å². The molecule has 0 aromatic heterocycles. The van der Waals surface area contributed by atoms with Crippen molar-refractivity contribution in [2.45, 2.75) is 187 Å². The Morgan fingerprint density at radius 1 is 0.517 bits per heavy atom. The molecule has 8 heteroatoms. The summed E-state index contributed by atoms with van der Waals surface area (Å²) in [5, 5.41) is 11.6. The average Bonchev–Trinajstić information content (AvgIpc) is 3.18. The summed E-state index contributed by atoms with van der Waals surface area (Å²) in [6, 6.07) is -0.732. The lowest BCUT2D eigenvalue weighted by atomic mass is 10.1. The van der Waals surface area contributed by atoms with Crippen LogP contribution in [0, 0.1) is 0 Å². The van der Waals surface area contributed by atoms with E-state index in [1.807, 2.05) is 0 Å². The number of hydrogen-bond acceptors (Lipinski definition) is 7. The Hall–Kier alpha value is -3.23. The molecule has 0 fully saturated rings. The van der Waals surface area contributed by atoms with Gasteiger partial charge in [0.05, 0.1) is 40.3 Å². The number of esters is 2. The van der Waals surface area contributed by atoms with Crippen molar-refractivity contribution in [3.8, 4) is 0 Å². The van der Waals surface area contributed by atoms with Gasteiger partial charge in [-0.3, -0.25) is 9.59 Å². The van der Waals surface area contributed by atoms with Crippen molar-refractivity contribution < 1.29 is 38.2 Å². The fourth-order valence-electron chi connectivity index (χ4n) is 6.33. The summed E-state index contributed by atoms with van der Waals surface area (Å²) in [6.45, 7) is 4.41. The monoisotopic (exact) mass is 812 g/mol. The minimum Gasteiger partial charge on any atom is -0.544 e. The zero-order chi connectivity index (χ0) is 42.8. The Balaban J connectivity index is 4.30. The second kappa shape index (κ2) is 40.5. The number of allylic oxidation sites excluding steroid dienone is 12. The molecule has 0 saturated heterocycles. The van der Waals surface area contributed by atoms with Gasteiger partial charge in [0.15, 0.2) is 6.10 Å². The molecule has 2 atom stereocenters. The van der Waals surface area contributed by atoms with Gasteiger partial charge < -0.3 is 28.6 Å². The molecule has 0 rings (SSSR count). The summed E-state index contributed by atoms with van der Waals surface area (Å²) in [6.07, 6.45) is 50.7. The molecular weight excluding hydrogens is 727 g/mol. The van der Waals surface area contributed by atoms with E-state index in [2.05, 4.69) is 86.8 Å². The molecule has 2 unspecified atom stereocenters. The van der Waals surface area contributed by atoms with E-state index in [0.29, 0.717) is 12.8 Å². The molecule has 0 bridgehead atoms. The molecule has 0 N–H and O–H groups in total. The fourth-order valence-corrected chi connectivity index (χ4v) is 6.33. The highest BCUT2D eigenvalue weighted by Crippen LogP contribution is 2.14. The van der Waals surface area contributed by atoms with E-state index < -0.39 is 18.1 Å². The molecular formula is C50H85NO7. The quantitative estimate of drug-likeness (QED) is 0.0263. The Morgan fingerprint density at radius 2 is 0.914 bits per heavy atom. The van der Waals surface area contributed by atoms with Crippen LogP contribution in [0.1, 0.15) is 174 Å². The van der Waals surface area contributed by atoms with Crippen molar-refractivity contribution >= 4 is 17.9 Å². The van der Waals surface area contributed by atoms with Crippen molar-refractivity contribution in [2.75, 3.05) is 41.0 Å². The number of carboxylic acids is 1. The first-order valence-corrected chi connectivity index (χ1v) is 23.0. The molecule has 0 aromatic carbocycles. The second-order valence-corrected chi connectivity index (χ2v) is 16.2. The summed E-state index contributed by atoms with van der Waals surface area (Å²) in [7, 11) is 5.39. The van der Waals surface area contributed by atoms with E-state index in [4.69, 9.17) is 14.2 Å². The summed E-state index contributed by atoms with van der Waals surface area (Å²) >= 11 is 0. The van der Waals surface area contributed by atoms with Crippen LogP contribution in [0.15, 0.2) is 72.9 Å². The maximum Gasteiger partial charge on any atom is 0.306 e. The van der Waals surface area contributed by atoms with Gasteiger partial charge in [0.1, 0.15) is 12.6 Å². The van der Waals surface area contributed by atoms with Gasteiger partial charge in [-0.25, -0.2) is 0 Å². The number of rotatable bonds is 40. The Kier molecular flexibility index (Phi) is 38.3. The summed E-state index contributed by atoms with van der Waals surface area (Å²) < 4.78 is 17.2. The third kappa shape index (κ3) is 38.3. The van der Waals surface area contributed by atoms with Gasteiger partial charge >= 0.3 is 11.9 Å². The number of hydrogen-bond donors (Lipinski definition) is 0. The van der Waals surface area contributed by atoms with Gasteiger partial charge in [0, 0.05) is 19.3 Å². The van der Waals surface area contributed by atoms with Crippen LogP contribution in [-0.2, 0) is 28.6 Å². The number of ether oxygens (including phenoxy) is 3. The van der Waals surface area contributed by atoms with Crippen LogP contribution in [0.3, 0.4) is 0 Å². The van der Waals surface area contributed by atoms with Crippen LogP contribution < -0.4 is 5.11 Å². The minimum atomic E-state index is -1.13. The minimum absolute atomic E-state index is 0.0305. The number of unbranched alkanes of at least 4 members (excludes halogenated alkanes) is 14. The highest BCUT2D eigenvalue weighted by Gasteiger charge is 2.25. The van der Waals surface area contributed by atoms with E-state index in [9.17, 15) is 19.5 Å². The van der Waals surface area contributed by atoms with Crippen LogP contribution in [-0.4, -0.2) is 75.5 Å². The van der Waals surface area contributed by atoms with Crippen molar-refractivity contribution in [1.82, 2.24) is 0 Å². The number of nitrogens with zero attached hydrogens (tertiary/aromatic N) is 1. The van der Waals surface area contributed by atoms with Gasteiger partial charge in [0.2, 0.25) is 0 Å². The molecule has 0 aliphatic rings. The topological polar surface area (TPSA) is 102 Å². The predicted molar refractivity (Wildman–Crippen MR) is 240 cm³/mol. The van der Waals surface area contributed by atoms with Gasteiger partial charge in [-0.1, -0.05) is 151 Å². The molecule has 0 amide bonds. The molecule has 0 heterocycles. The number of carbonyl (C=O) groups is 3. The maximum absolute atomic E-state index is 12.7. The number of carbonyl (C=O) groups excluding carboxylic acids is 3. The first-order chi connectivity index (χ1) is 28.1. The normalized spacial score (nSPS) is 13.6. The van der Waals surface area contributed by atoms with E-state index in [-0.39, 0.29) is 42.7 Å². The number of quaternary nitrogens is 1. The van der Waals surface area contributed by atoms with Crippen LogP contribution in [0.5, 0.6) is 0 Å². The van der Waals surface area contributed by atoms with Crippen molar-refractivity contribution in [1.29, 1.82) is 0 Å². The molecule has 0 aromatic rings. The van der Waals surface area contributed by atoms with E-state index >= 15 is 0 Å². The molecule has 58 heavy (non-hydrogen) atoms. The van der Waals surface area contributed by atoms with Crippen LogP contribution in [0.4, 0.5) is 0 Å². The highest BCUT2D eigenvalue weighted by atomic mass is 16.6. The molecule has 0 spiro atoms. The van der Waals surface area contributed by atoms with E-state index in [1.165, 1.54) is 38.5 Å². The van der Waals surface area contributed by atoms with Crippen LogP contribution >= 0.6 is 0 Å². The van der Waals surface area contributed by atoms with Crippen molar-refractivity contribution in [2.24, 2.45) is 0 Å². The first-order valence-electron chi connectivity index (χ1n) is 23.0. The van der Waals surface area contributed by atoms with Crippen molar-refractivity contribution in [3.63, 3.8) is 0 Å². The number of aliphatic carboxylic acids is 1. The van der Waals surface area contributed by atoms with Crippen LogP contribution in [0.25, 0.3) is 0 Å². The molecule has 332 valence electrons. The third-order valence-electron chi connectivity index (χ3n) is 9.84. The Morgan fingerprint density at radius 3 is 1.34 bits per heavy atom. The highest BCUT2D eigenvalue weighted by molar-refractivity contribution is 5.70. The Bertz CT molecular complexity index is 1180.